The Bertz CT molecular complexity index is 1850. The Morgan fingerprint density at radius 3 is 1.78 bits per heavy atom. The first-order chi connectivity index (χ1) is 20.9. The first-order valence-electron chi connectivity index (χ1n) is 14.2. The zero-order chi connectivity index (χ0) is 33.3. The number of rotatable bonds is 4. The second-order valence-corrected chi connectivity index (χ2v) is 13.6. The zero-order valence-corrected chi connectivity index (χ0v) is 27.9. The van der Waals surface area contributed by atoms with Crippen LogP contribution in [-0.4, -0.2) is 43.1 Å². The number of halogens is 3. The van der Waals surface area contributed by atoms with Crippen molar-refractivity contribution in [2.45, 2.75) is 72.6 Å². The quantitative estimate of drug-likeness (QED) is 0.150. The molecule has 0 bridgehead atoms. The van der Waals surface area contributed by atoms with E-state index in [1.807, 2.05) is 30.8 Å². The van der Waals surface area contributed by atoms with Gasteiger partial charge >= 0.3 is 12.2 Å². The van der Waals surface area contributed by atoms with Gasteiger partial charge in [0.15, 0.2) is 0 Å². The van der Waals surface area contributed by atoms with Gasteiger partial charge in [0, 0.05) is 45.4 Å². The van der Waals surface area contributed by atoms with Gasteiger partial charge in [0.1, 0.15) is 22.8 Å². The fourth-order valence-electron chi connectivity index (χ4n) is 4.31. The Labute approximate surface area is 268 Å². The van der Waals surface area contributed by atoms with Crippen molar-refractivity contribution in [2.24, 2.45) is 0 Å². The number of carbonyl (C=O) groups is 2. The van der Waals surface area contributed by atoms with Crippen LogP contribution in [0.2, 0.25) is 0 Å². The Morgan fingerprint density at radius 1 is 0.822 bits per heavy atom. The lowest BCUT2D eigenvalue weighted by Gasteiger charge is -2.19. The lowest BCUT2D eigenvalue weighted by atomic mass is 10.1. The van der Waals surface area contributed by atoms with Crippen molar-refractivity contribution in [3.8, 4) is 11.1 Å². The van der Waals surface area contributed by atoms with E-state index in [1.54, 1.807) is 60.0 Å². The van der Waals surface area contributed by atoms with Crippen LogP contribution in [0.15, 0.2) is 53.5 Å². The molecular formula is C32H37BrF2N6O4. The van der Waals surface area contributed by atoms with E-state index in [4.69, 9.17) is 9.47 Å². The number of benzene rings is 2. The Kier molecular flexibility index (Phi) is 9.62. The smallest absolute Gasteiger partial charge is 0.412 e. The van der Waals surface area contributed by atoms with E-state index >= 15 is 0 Å². The molecule has 0 fully saturated rings. The van der Waals surface area contributed by atoms with Gasteiger partial charge in [-0.1, -0.05) is 15.9 Å². The number of fused-ring (bicyclic) bond motifs is 2. The summed E-state index contributed by atoms with van der Waals surface area (Å²) >= 11 is 3.22. The number of hydrogen-bond acceptors (Lipinski definition) is 5. The average Bonchev–Trinajstić information content (AvgIpc) is 3.62. The standard InChI is InChI=1S/C19H23FN4O2.C13H14BrFN2O2/c1-11(2)24-10-13(8-22-24)12-6-14-16(9-21-17(14)15(20)7-12)23-18(25)26-19(3,4)5;1-13(2,3)19-12(18)17-10-6-16-11-8(10)4-7(14)5-9(11)15/h6-11,21H,1-5H3,(H,23,25);4-6,16H,1-3H3,(H,17,18). The highest BCUT2D eigenvalue weighted by molar-refractivity contribution is 9.10. The molecule has 0 aliphatic heterocycles. The van der Waals surface area contributed by atoms with Crippen molar-refractivity contribution in [1.29, 1.82) is 0 Å². The maximum atomic E-state index is 14.5. The van der Waals surface area contributed by atoms with E-state index in [2.05, 4.69) is 41.6 Å². The summed E-state index contributed by atoms with van der Waals surface area (Å²) in [6.07, 6.45) is 5.50. The summed E-state index contributed by atoms with van der Waals surface area (Å²) in [4.78, 5) is 29.4. The molecule has 2 amide bonds. The van der Waals surface area contributed by atoms with Gasteiger partial charge in [-0.15, -0.1) is 0 Å². The molecule has 5 rings (SSSR count). The lowest BCUT2D eigenvalue weighted by Crippen LogP contribution is -2.27. The second-order valence-electron chi connectivity index (χ2n) is 12.7. The van der Waals surface area contributed by atoms with Crippen molar-refractivity contribution in [1.82, 2.24) is 19.7 Å². The van der Waals surface area contributed by atoms with Crippen molar-refractivity contribution in [3.63, 3.8) is 0 Å². The zero-order valence-electron chi connectivity index (χ0n) is 26.4. The maximum absolute atomic E-state index is 14.5. The number of carbonyl (C=O) groups excluding carboxylic acids is 2. The van der Waals surface area contributed by atoms with Crippen LogP contribution in [0.4, 0.5) is 29.7 Å². The molecule has 0 saturated heterocycles. The number of aromatic nitrogens is 4. The number of nitrogens with zero attached hydrogens (tertiary/aromatic N) is 2. The summed E-state index contributed by atoms with van der Waals surface area (Å²) < 4.78 is 41.0. The molecule has 5 aromatic rings. The highest BCUT2D eigenvalue weighted by Gasteiger charge is 2.20. The molecular weight excluding hydrogens is 650 g/mol. The lowest BCUT2D eigenvalue weighted by molar-refractivity contribution is 0.0625. The molecule has 0 unspecified atom stereocenters. The van der Waals surface area contributed by atoms with Crippen LogP contribution in [0, 0.1) is 11.6 Å². The van der Waals surface area contributed by atoms with E-state index in [-0.39, 0.29) is 11.9 Å². The van der Waals surface area contributed by atoms with E-state index < -0.39 is 29.2 Å². The Morgan fingerprint density at radius 2 is 1.31 bits per heavy atom. The largest absolute Gasteiger partial charge is 0.444 e. The van der Waals surface area contributed by atoms with Gasteiger partial charge in [-0.3, -0.25) is 15.3 Å². The molecule has 0 atom stereocenters. The van der Waals surface area contributed by atoms with Gasteiger partial charge in [0.05, 0.1) is 28.6 Å². The van der Waals surface area contributed by atoms with Crippen LogP contribution in [-0.2, 0) is 9.47 Å². The second kappa shape index (κ2) is 12.9. The number of hydrogen-bond donors (Lipinski definition) is 4. The number of anilines is 2. The van der Waals surface area contributed by atoms with E-state index in [9.17, 15) is 18.4 Å². The van der Waals surface area contributed by atoms with Gasteiger partial charge in [0.2, 0.25) is 0 Å². The van der Waals surface area contributed by atoms with Crippen LogP contribution in [0.25, 0.3) is 32.9 Å². The molecule has 0 spiro atoms. The van der Waals surface area contributed by atoms with Crippen molar-refractivity contribution >= 4 is 61.3 Å². The summed E-state index contributed by atoms with van der Waals surface area (Å²) in [6, 6.07) is 6.58. The summed E-state index contributed by atoms with van der Waals surface area (Å²) in [7, 11) is 0. The number of H-pyrrole nitrogens is 2. The number of amides is 2. The molecule has 45 heavy (non-hydrogen) atoms. The molecule has 13 heteroatoms. The SMILES string of the molecule is CC(C)(C)OC(=O)Nc1c[nH]c2c(F)cc(Br)cc12.CC(C)n1cc(-c2cc(F)c3[nH]cc(NC(=O)OC(C)(C)C)c3c2)cn1. The van der Waals surface area contributed by atoms with E-state index in [0.717, 1.165) is 5.56 Å². The van der Waals surface area contributed by atoms with E-state index in [1.165, 1.54) is 18.3 Å². The molecule has 0 radical (unpaired) electrons. The van der Waals surface area contributed by atoms with Gasteiger partial charge in [-0.05, 0) is 85.2 Å². The molecule has 2 aromatic carbocycles. The third-order valence-corrected chi connectivity index (χ3v) is 6.64. The highest BCUT2D eigenvalue weighted by atomic mass is 79.9. The Balaban J connectivity index is 0.000000215. The first kappa shape index (κ1) is 33.5. The fourth-order valence-corrected chi connectivity index (χ4v) is 4.74. The number of aromatic amines is 2. The fraction of sp³-hybridized carbons (Fsp3) is 0.344. The van der Waals surface area contributed by atoms with Crippen molar-refractivity contribution < 1.29 is 27.8 Å². The average molecular weight is 688 g/mol. The predicted octanol–water partition coefficient (Wildman–Crippen LogP) is 9.51. The minimum absolute atomic E-state index is 0.217. The third-order valence-electron chi connectivity index (χ3n) is 6.18. The maximum Gasteiger partial charge on any atom is 0.412 e. The molecule has 0 saturated carbocycles. The van der Waals surface area contributed by atoms with Gasteiger partial charge in [-0.2, -0.15) is 5.10 Å². The van der Waals surface area contributed by atoms with Crippen LogP contribution >= 0.6 is 15.9 Å². The number of nitrogens with one attached hydrogen (secondary N) is 4. The van der Waals surface area contributed by atoms with Crippen molar-refractivity contribution in [3.05, 3.63) is 65.2 Å². The number of ether oxygens (including phenoxy) is 2. The summed E-state index contributed by atoms with van der Waals surface area (Å²) in [5, 5.41) is 10.7. The minimum Gasteiger partial charge on any atom is -0.444 e. The highest BCUT2D eigenvalue weighted by Crippen LogP contribution is 2.32. The molecule has 0 aliphatic rings. The molecule has 3 heterocycles. The summed E-state index contributed by atoms with van der Waals surface area (Å²) in [6.45, 7) is 14.7. The van der Waals surface area contributed by atoms with Gasteiger partial charge < -0.3 is 19.4 Å². The van der Waals surface area contributed by atoms with Crippen LogP contribution in [0.1, 0.15) is 61.4 Å². The summed E-state index contributed by atoms with van der Waals surface area (Å²) in [5.74, 6) is -0.784. The normalized spacial score (nSPS) is 11.8. The van der Waals surface area contributed by atoms with Crippen LogP contribution in [0.3, 0.4) is 0 Å². The molecule has 10 nitrogen and oxygen atoms in total. The predicted molar refractivity (Wildman–Crippen MR) is 176 cm³/mol. The molecule has 240 valence electrons. The molecule has 0 aliphatic carbocycles. The van der Waals surface area contributed by atoms with Gasteiger partial charge in [-0.25, -0.2) is 18.4 Å². The monoisotopic (exact) mass is 686 g/mol. The van der Waals surface area contributed by atoms with E-state index in [0.29, 0.717) is 43.2 Å². The molecule has 4 N–H and O–H groups in total. The van der Waals surface area contributed by atoms with Crippen molar-refractivity contribution in [2.75, 3.05) is 10.6 Å². The minimum atomic E-state index is -0.613. The summed E-state index contributed by atoms with van der Waals surface area (Å²) in [5.41, 5.74) is 1.92. The van der Waals surface area contributed by atoms with Gasteiger partial charge in [0.25, 0.3) is 0 Å². The van der Waals surface area contributed by atoms with Crippen LogP contribution < -0.4 is 10.6 Å². The first-order valence-corrected chi connectivity index (χ1v) is 15.0. The topological polar surface area (TPSA) is 126 Å². The molecule has 3 aromatic heterocycles. The Hall–Kier alpha value is -4.39. The van der Waals surface area contributed by atoms with Crippen LogP contribution in [0.5, 0.6) is 0 Å². The third kappa shape index (κ3) is 8.62.